The van der Waals surface area contributed by atoms with E-state index in [-0.39, 0.29) is 24.4 Å². The number of aromatic carboxylic acids is 1. The third kappa shape index (κ3) is 8.58. The van der Waals surface area contributed by atoms with Crippen LogP contribution in [0.5, 0.6) is 11.5 Å². The topological polar surface area (TPSA) is 139 Å². The summed E-state index contributed by atoms with van der Waals surface area (Å²) >= 11 is 1.33. The van der Waals surface area contributed by atoms with Crippen LogP contribution in [0.3, 0.4) is 0 Å². The third-order valence-corrected chi connectivity index (χ3v) is 8.69. The van der Waals surface area contributed by atoms with E-state index < -0.39 is 18.3 Å². The predicted molar refractivity (Wildman–Crippen MR) is 182 cm³/mol. The molecule has 2 amide bonds. The number of benzene rings is 4. The molecule has 1 fully saturated rings. The average Bonchev–Trinajstić information content (AvgIpc) is 3.12. The van der Waals surface area contributed by atoms with Crippen LogP contribution in [0.2, 0.25) is 0 Å². The highest BCUT2D eigenvalue weighted by Crippen LogP contribution is 2.40. The van der Waals surface area contributed by atoms with Gasteiger partial charge in [0.25, 0.3) is 0 Å². The number of thioether (sulfide) groups is 1. The quantitative estimate of drug-likeness (QED) is 0.103. The van der Waals surface area contributed by atoms with Crippen molar-refractivity contribution in [1.29, 1.82) is 0 Å². The monoisotopic (exact) mass is 663 g/mol. The molecule has 244 valence electrons. The molecule has 0 aliphatic carbocycles. The van der Waals surface area contributed by atoms with Crippen LogP contribution in [-0.2, 0) is 16.1 Å². The first kappa shape index (κ1) is 32.7. The maximum atomic E-state index is 12.7. The Balaban J connectivity index is 1.10. The second-order valence-electron chi connectivity index (χ2n) is 11.0. The van der Waals surface area contributed by atoms with Crippen LogP contribution < -0.4 is 15.4 Å². The summed E-state index contributed by atoms with van der Waals surface area (Å²) in [6.45, 7) is -0.0544. The van der Waals surface area contributed by atoms with E-state index in [4.69, 9.17) is 14.2 Å². The molecule has 5 aromatic rings. The molecule has 4 aromatic carbocycles. The number of hydrogen-bond donors (Lipinski definition) is 4. The van der Waals surface area contributed by atoms with Crippen molar-refractivity contribution >= 4 is 35.1 Å². The Bertz CT molecular complexity index is 1820. The van der Waals surface area contributed by atoms with E-state index in [1.165, 1.54) is 17.8 Å². The van der Waals surface area contributed by atoms with E-state index in [0.717, 1.165) is 22.4 Å². The first-order valence-corrected chi connectivity index (χ1v) is 16.2. The van der Waals surface area contributed by atoms with Gasteiger partial charge in [0, 0.05) is 35.3 Å². The number of aliphatic hydroxyl groups is 1. The number of urea groups is 1. The molecule has 6 rings (SSSR count). The van der Waals surface area contributed by atoms with E-state index >= 15 is 0 Å². The van der Waals surface area contributed by atoms with Crippen molar-refractivity contribution in [3.05, 3.63) is 144 Å². The average molecular weight is 664 g/mol. The number of aliphatic hydroxyl groups excluding tert-OH is 1. The fourth-order valence-corrected chi connectivity index (χ4v) is 6.12. The Labute approximate surface area is 281 Å². The highest BCUT2D eigenvalue weighted by Gasteiger charge is 2.32. The van der Waals surface area contributed by atoms with Gasteiger partial charge in [-0.05, 0) is 71.8 Å². The number of ether oxygens (including phenoxy) is 3. The summed E-state index contributed by atoms with van der Waals surface area (Å²) in [5, 5.41) is 25.1. The third-order valence-electron chi connectivity index (χ3n) is 7.55. The molecule has 0 saturated carbocycles. The number of carboxylic acids is 1. The molecule has 11 heteroatoms. The summed E-state index contributed by atoms with van der Waals surface area (Å²) in [6.07, 6.45) is 0.803. The summed E-state index contributed by atoms with van der Waals surface area (Å²) in [6, 6.07) is 34.1. The van der Waals surface area contributed by atoms with E-state index in [9.17, 15) is 19.8 Å². The number of aromatic nitrogens is 1. The highest BCUT2D eigenvalue weighted by atomic mass is 32.2. The lowest BCUT2D eigenvalue weighted by atomic mass is 10.0. The molecule has 0 radical (unpaired) electrons. The maximum absolute atomic E-state index is 12.7. The standard InChI is InChI=1S/C37H33N3O7S/c41-22-24-8-10-25(11-9-24)33-21-31(23-48-34-32(35(42)43)7-4-20-38-34)46-36(47-33)26-12-14-27(15-13-26)39-37(44)40-28-16-18-30(19-17-28)45-29-5-2-1-3-6-29/h1-20,31,33,36,41H,21-23H2,(H,42,43)(H2,39,40,44). The molecule has 1 saturated heterocycles. The molecular weight excluding hydrogens is 630 g/mol. The number of carboxylic acid groups (broad SMARTS) is 1. The predicted octanol–water partition coefficient (Wildman–Crippen LogP) is 8.05. The minimum absolute atomic E-state index is 0.0544. The molecule has 4 N–H and O–H groups in total. The van der Waals surface area contributed by atoms with Crippen molar-refractivity contribution < 1.29 is 34.0 Å². The Morgan fingerprint density at radius 1 is 0.792 bits per heavy atom. The van der Waals surface area contributed by atoms with Crippen molar-refractivity contribution in [3.8, 4) is 11.5 Å². The van der Waals surface area contributed by atoms with Crippen molar-refractivity contribution in [3.63, 3.8) is 0 Å². The van der Waals surface area contributed by atoms with Crippen LogP contribution in [-0.4, -0.2) is 39.1 Å². The Morgan fingerprint density at radius 2 is 1.44 bits per heavy atom. The highest BCUT2D eigenvalue weighted by molar-refractivity contribution is 7.99. The van der Waals surface area contributed by atoms with E-state index in [1.807, 2.05) is 66.7 Å². The SMILES string of the molecule is O=C(Nc1ccc(Oc2ccccc2)cc1)Nc1ccc(C2OC(CSc3ncccc3C(=O)O)CC(c3ccc(CO)cc3)O2)cc1. The number of amides is 2. The molecule has 3 unspecified atom stereocenters. The zero-order valence-electron chi connectivity index (χ0n) is 25.7. The minimum atomic E-state index is -1.04. The van der Waals surface area contributed by atoms with Gasteiger partial charge in [-0.3, -0.25) is 0 Å². The van der Waals surface area contributed by atoms with Crippen molar-refractivity contribution in [1.82, 2.24) is 4.98 Å². The van der Waals surface area contributed by atoms with Gasteiger partial charge in [0.2, 0.25) is 0 Å². The zero-order valence-corrected chi connectivity index (χ0v) is 26.5. The van der Waals surface area contributed by atoms with Gasteiger partial charge in [0.05, 0.1) is 24.4 Å². The lowest BCUT2D eigenvalue weighted by Gasteiger charge is -2.36. The fraction of sp³-hybridized carbons (Fsp3) is 0.162. The van der Waals surface area contributed by atoms with Gasteiger partial charge in [-0.25, -0.2) is 14.6 Å². The normalized spacial score (nSPS) is 17.3. The molecule has 0 bridgehead atoms. The van der Waals surface area contributed by atoms with Crippen LogP contribution in [0.1, 0.15) is 45.9 Å². The molecule has 48 heavy (non-hydrogen) atoms. The fourth-order valence-electron chi connectivity index (χ4n) is 5.11. The van der Waals surface area contributed by atoms with Crippen LogP contribution in [0.4, 0.5) is 16.2 Å². The molecule has 3 atom stereocenters. The minimum Gasteiger partial charge on any atom is -0.478 e. The first-order valence-electron chi connectivity index (χ1n) is 15.3. The van der Waals surface area contributed by atoms with Gasteiger partial charge in [0.1, 0.15) is 16.5 Å². The zero-order chi connectivity index (χ0) is 33.3. The number of nitrogens with zero attached hydrogens (tertiary/aromatic N) is 1. The summed E-state index contributed by atoms with van der Waals surface area (Å²) in [7, 11) is 0. The van der Waals surface area contributed by atoms with Gasteiger partial charge < -0.3 is 35.1 Å². The van der Waals surface area contributed by atoms with Gasteiger partial charge >= 0.3 is 12.0 Å². The summed E-state index contributed by atoms with van der Waals surface area (Å²) in [5.74, 6) is 0.805. The van der Waals surface area contributed by atoms with Gasteiger partial charge in [0.15, 0.2) is 6.29 Å². The first-order chi connectivity index (χ1) is 23.4. The maximum Gasteiger partial charge on any atom is 0.338 e. The second kappa shape index (κ2) is 15.6. The molecule has 1 aliphatic heterocycles. The van der Waals surface area contributed by atoms with E-state index in [0.29, 0.717) is 34.3 Å². The smallest absolute Gasteiger partial charge is 0.338 e. The molecule has 0 spiro atoms. The molecule has 1 aliphatic rings. The number of carbonyl (C=O) groups is 2. The van der Waals surface area contributed by atoms with Gasteiger partial charge in [-0.2, -0.15) is 0 Å². The number of rotatable bonds is 11. The Kier molecular flexibility index (Phi) is 10.6. The molecule has 1 aromatic heterocycles. The lowest BCUT2D eigenvalue weighted by molar-refractivity contribution is -0.245. The van der Waals surface area contributed by atoms with Crippen LogP contribution in [0, 0.1) is 0 Å². The number of para-hydroxylation sites is 1. The van der Waals surface area contributed by atoms with E-state index in [2.05, 4.69) is 15.6 Å². The Morgan fingerprint density at radius 3 is 2.10 bits per heavy atom. The van der Waals surface area contributed by atoms with Crippen molar-refractivity contribution in [2.24, 2.45) is 0 Å². The van der Waals surface area contributed by atoms with E-state index in [1.54, 1.807) is 48.7 Å². The molecular formula is C37H33N3O7S. The number of carbonyl (C=O) groups excluding carboxylic acids is 1. The largest absolute Gasteiger partial charge is 0.478 e. The second-order valence-corrected chi connectivity index (χ2v) is 12.0. The van der Waals surface area contributed by atoms with Crippen molar-refractivity contribution in [2.45, 2.75) is 36.6 Å². The summed E-state index contributed by atoms with van der Waals surface area (Å²) in [4.78, 5) is 28.7. The van der Waals surface area contributed by atoms with Crippen molar-refractivity contribution in [2.75, 3.05) is 16.4 Å². The molecule has 10 nitrogen and oxygen atoms in total. The number of anilines is 2. The van der Waals surface area contributed by atoms with Crippen LogP contribution >= 0.6 is 11.8 Å². The Hall–Kier alpha value is -5.20. The van der Waals surface area contributed by atoms with Gasteiger partial charge in [-0.1, -0.05) is 54.6 Å². The number of hydrogen-bond acceptors (Lipinski definition) is 8. The molecule has 2 heterocycles. The van der Waals surface area contributed by atoms with Gasteiger partial charge in [-0.15, -0.1) is 11.8 Å². The number of pyridine rings is 1. The summed E-state index contributed by atoms with van der Waals surface area (Å²) < 4.78 is 18.6. The number of nitrogens with one attached hydrogen (secondary N) is 2. The van der Waals surface area contributed by atoms with Crippen LogP contribution in [0.15, 0.2) is 126 Å². The summed E-state index contributed by atoms with van der Waals surface area (Å²) in [5.41, 5.74) is 3.82. The lowest BCUT2D eigenvalue weighted by Crippen LogP contribution is -2.31. The van der Waals surface area contributed by atoms with Crippen LogP contribution in [0.25, 0.3) is 0 Å².